The van der Waals surface area contributed by atoms with Crippen molar-refractivity contribution in [3.05, 3.63) is 58.5 Å². The Morgan fingerprint density at radius 3 is 2.67 bits per heavy atom. The predicted molar refractivity (Wildman–Crippen MR) is 102 cm³/mol. The van der Waals surface area contributed by atoms with Crippen LogP contribution in [0.3, 0.4) is 0 Å². The highest BCUT2D eigenvalue weighted by molar-refractivity contribution is 6.31. The number of carbonyl (C=O) groups is 2. The van der Waals surface area contributed by atoms with E-state index in [1.165, 1.54) is 6.26 Å². The maximum atomic E-state index is 12.3. The number of furan rings is 1. The summed E-state index contributed by atoms with van der Waals surface area (Å²) in [7, 11) is 0. The molecule has 144 valence electrons. The van der Waals surface area contributed by atoms with E-state index in [0.29, 0.717) is 43.3 Å². The Kier molecular flexibility index (Phi) is 6.53. The molecule has 0 saturated carbocycles. The standard InChI is InChI=1S/C20H23ClN2O4/c1-14-8-11-27-19(14)20(25)22-16-6-9-23(10-7-16)18(24)13-26-12-15-4-2-3-5-17(15)21/h2-5,8,11,16H,6-7,9-10,12-13H2,1H3,(H,22,25). The minimum Gasteiger partial charge on any atom is -0.459 e. The highest BCUT2D eigenvalue weighted by Gasteiger charge is 2.25. The SMILES string of the molecule is Cc1ccoc1C(=O)NC1CCN(C(=O)COCc2ccccc2Cl)CC1. The summed E-state index contributed by atoms with van der Waals surface area (Å²) in [5.41, 5.74) is 1.68. The molecule has 1 saturated heterocycles. The third-order valence-electron chi connectivity index (χ3n) is 4.69. The van der Waals surface area contributed by atoms with Gasteiger partial charge in [0.25, 0.3) is 5.91 Å². The van der Waals surface area contributed by atoms with E-state index in [4.69, 9.17) is 20.8 Å². The molecule has 2 aromatic rings. The number of hydrogen-bond acceptors (Lipinski definition) is 4. The van der Waals surface area contributed by atoms with Gasteiger partial charge in [0.2, 0.25) is 5.91 Å². The summed E-state index contributed by atoms with van der Waals surface area (Å²) in [5.74, 6) is 0.0977. The molecule has 1 aromatic heterocycles. The van der Waals surface area contributed by atoms with Crippen molar-refractivity contribution in [2.24, 2.45) is 0 Å². The molecular formula is C20H23ClN2O4. The van der Waals surface area contributed by atoms with Gasteiger partial charge >= 0.3 is 0 Å². The Morgan fingerprint density at radius 1 is 1.26 bits per heavy atom. The molecule has 0 radical (unpaired) electrons. The van der Waals surface area contributed by atoms with Crippen LogP contribution < -0.4 is 5.32 Å². The lowest BCUT2D eigenvalue weighted by Gasteiger charge is -2.32. The molecule has 6 nitrogen and oxygen atoms in total. The summed E-state index contributed by atoms with van der Waals surface area (Å²) >= 11 is 6.08. The van der Waals surface area contributed by atoms with Gasteiger partial charge in [-0.05, 0) is 37.5 Å². The normalized spacial score (nSPS) is 15.0. The number of nitrogens with one attached hydrogen (secondary N) is 1. The zero-order chi connectivity index (χ0) is 19.2. The first-order valence-electron chi connectivity index (χ1n) is 8.98. The molecule has 0 atom stereocenters. The number of likely N-dealkylation sites (tertiary alicyclic amines) is 1. The number of benzene rings is 1. The lowest BCUT2D eigenvalue weighted by Crippen LogP contribution is -2.47. The van der Waals surface area contributed by atoms with E-state index in [2.05, 4.69) is 5.32 Å². The van der Waals surface area contributed by atoms with Crippen molar-refractivity contribution in [3.8, 4) is 0 Å². The van der Waals surface area contributed by atoms with Gasteiger partial charge in [-0.25, -0.2) is 0 Å². The van der Waals surface area contributed by atoms with E-state index >= 15 is 0 Å². The van der Waals surface area contributed by atoms with E-state index in [1.54, 1.807) is 17.0 Å². The quantitative estimate of drug-likeness (QED) is 0.822. The van der Waals surface area contributed by atoms with Crippen LogP contribution in [-0.4, -0.2) is 42.5 Å². The fourth-order valence-electron chi connectivity index (χ4n) is 3.08. The van der Waals surface area contributed by atoms with E-state index in [9.17, 15) is 9.59 Å². The molecule has 1 N–H and O–H groups in total. The van der Waals surface area contributed by atoms with Gasteiger partial charge in [0.15, 0.2) is 5.76 Å². The Labute approximate surface area is 163 Å². The van der Waals surface area contributed by atoms with Crippen LogP contribution in [-0.2, 0) is 16.1 Å². The van der Waals surface area contributed by atoms with Crippen molar-refractivity contribution < 1.29 is 18.7 Å². The molecule has 0 bridgehead atoms. The lowest BCUT2D eigenvalue weighted by atomic mass is 10.0. The average Bonchev–Trinajstić information content (AvgIpc) is 3.10. The zero-order valence-corrected chi connectivity index (χ0v) is 16.0. The van der Waals surface area contributed by atoms with Crippen LogP contribution in [0, 0.1) is 6.92 Å². The van der Waals surface area contributed by atoms with Gasteiger partial charge in [0.05, 0.1) is 12.9 Å². The largest absolute Gasteiger partial charge is 0.459 e. The molecule has 7 heteroatoms. The van der Waals surface area contributed by atoms with Gasteiger partial charge < -0.3 is 19.4 Å². The highest BCUT2D eigenvalue weighted by atomic mass is 35.5. The lowest BCUT2D eigenvalue weighted by molar-refractivity contribution is -0.137. The van der Waals surface area contributed by atoms with E-state index in [0.717, 1.165) is 11.1 Å². The zero-order valence-electron chi connectivity index (χ0n) is 15.2. The summed E-state index contributed by atoms with van der Waals surface area (Å²) in [4.78, 5) is 26.3. The topological polar surface area (TPSA) is 71.8 Å². The van der Waals surface area contributed by atoms with E-state index < -0.39 is 0 Å². The van der Waals surface area contributed by atoms with Crippen molar-refractivity contribution in [1.29, 1.82) is 0 Å². The number of hydrogen-bond donors (Lipinski definition) is 1. The van der Waals surface area contributed by atoms with Gasteiger partial charge in [-0.1, -0.05) is 29.8 Å². The molecule has 1 fully saturated rings. The maximum Gasteiger partial charge on any atom is 0.287 e. The predicted octanol–water partition coefficient (Wildman–Crippen LogP) is 3.18. The minimum absolute atomic E-state index is 0.0217. The van der Waals surface area contributed by atoms with Gasteiger partial charge in [-0.2, -0.15) is 0 Å². The number of amides is 2. The second-order valence-corrected chi connectivity index (χ2v) is 7.05. The monoisotopic (exact) mass is 390 g/mol. The summed E-state index contributed by atoms with van der Waals surface area (Å²) in [6, 6.07) is 9.21. The third-order valence-corrected chi connectivity index (χ3v) is 5.06. The molecular weight excluding hydrogens is 368 g/mol. The van der Waals surface area contributed by atoms with E-state index in [-0.39, 0.29) is 24.5 Å². The second-order valence-electron chi connectivity index (χ2n) is 6.65. The summed E-state index contributed by atoms with van der Waals surface area (Å²) in [5, 5.41) is 3.61. The molecule has 0 unspecified atom stereocenters. The van der Waals surface area contributed by atoms with Crippen LogP contribution in [0.2, 0.25) is 5.02 Å². The van der Waals surface area contributed by atoms with Crippen LogP contribution in [0.1, 0.15) is 34.5 Å². The van der Waals surface area contributed by atoms with Gasteiger partial charge in [0, 0.05) is 29.7 Å². The third kappa shape index (κ3) is 5.11. The van der Waals surface area contributed by atoms with E-state index in [1.807, 2.05) is 25.1 Å². The molecule has 1 aliphatic rings. The molecule has 0 aliphatic carbocycles. The molecule has 2 heterocycles. The van der Waals surface area contributed by atoms with Crippen molar-refractivity contribution >= 4 is 23.4 Å². The number of carbonyl (C=O) groups excluding carboxylic acids is 2. The number of rotatable bonds is 6. The summed E-state index contributed by atoms with van der Waals surface area (Å²) in [6.45, 7) is 3.35. The van der Waals surface area contributed by atoms with Crippen LogP contribution in [0.15, 0.2) is 41.0 Å². The van der Waals surface area contributed by atoms with Gasteiger partial charge in [0.1, 0.15) is 6.61 Å². The summed E-state index contributed by atoms with van der Waals surface area (Å²) in [6.07, 6.45) is 2.93. The Balaban J connectivity index is 1.39. The number of ether oxygens (including phenoxy) is 1. The molecule has 3 rings (SSSR count). The molecule has 27 heavy (non-hydrogen) atoms. The fourth-order valence-corrected chi connectivity index (χ4v) is 3.27. The number of piperidine rings is 1. The van der Waals surface area contributed by atoms with Crippen LogP contribution in [0.25, 0.3) is 0 Å². The number of aryl methyl sites for hydroxylation is 1. The van der Waals surface area contributed by atoms with Crippen molar-refractivity contribution in [3.63, 3.8) is 0 Å². The number of nitrogens with zero attached hydrogens (tertiary/aromatic N) is 1. The molecule has 0 spiro atoms. The first kappa shape index (κ1) is 19.5. The van der Waals surface area contributed by atoms with Gasteiger partial charge in [-0.15, -0.1) is 0 Å². The molecule has 1 aromatic carbocycles. The molecule has 1 aliphatic heterocycles. The first-order chi connectivity index (χ1) is 13.0. The fraction of sp³-hybridized carbons (Fsp3) is 0.400. The smallest absolute Gasteiger partial charge is 0.287 e. The van der Waals surface area contributed by atoms with Crippen LogP contribution in [0.4, 0.5) is 0 Å². The minimum atomic E-state index is -0.203. The van der Waals surface area contributed by atoms with Gasteiger partial charge in [-0.3, -0.25) is 9.59 Å². The van der Waals surface area contributed by atoms with Crippen molar-refractivity contribution in [2.45, 2.75) is 32.4 Å². The average molecular weight is 391 g/mol. The summed E-state index contributed by atoms with van der Waals surface area (Å²) < 4.78 is 10.7. The Hall–Kier alpha value is -2.31. The maximum absolute atomic E-state index is 12.3. The van der Waals surface area contributed by atoms with Crippen LogP contribution in [0.5, 0.6) is 0 Å². The van der Waals surface area contributed by atoms with Crippen molar-refractivity contribution in [2.75, 3.05) is 19.7 Å². The molecule has 2 amide bonds. The number of halogens is 1. The van der Waals surface area contributed by atoms with Crippen molar-refractivity contribution in [1.82, 2.24) is 10.2 Å². The van der Waals surface area contributed by atoms with Crippen LogP contribution >= 0.6 is 11.6 Å². The second kappa shape index (κ2) is 9.06. The first-order valence-corrected chi connectivity index (χ1v) is 9.36. The Morgan fingerprint density at radius 2 is 2.00 bits per heavy atom. The highest BCUT2D eigenvalue weighted by Crippen LogP contribution is 2.16. The Bertz CT molecular complexity index is 797.